The second-order valence-electron chi connectivity index (χ2n) is 5.14. The van der Waals surface area contributed by atoms with Crippen LogP contribution in [0.15, 0.2) is 24.3 Å². The van der Waals surface area contributed by atoms with E-state index in [4.69, 9.17) is 10.5 Å². The van der Waals surface area contributed by atoms with E-state index in [1.54, 1.807) is 6.92 Å². The Morgan fingerprint density at radius 2 is 1.95 bits per heavy atom. The van der Waals surface area contributed by atoms with Crippen LogP contribution in [0.5, 0.6) is 5.75 Å². The largest absolute Gasteiger partial charge is 0.481 e. The first-order valence-electron chi connectivity index (χ1n) is 7.30. The molecule has 1 aromatic carbocycles. The molecular formula is C16H26N2O2. The van der Waals surface area contributed by atoms with Crippen molar-refractivity contribution in [3.63, 3.8) is 0 Å². The molecule has 112 valence electrons. The second kappa shape index (κ2) is 7.90. The number of rotatable bonds is 7. The third kappa shape index (κ3) is 4.85. The van der Waals surface area contributed by atoms with Gasteiger partial charge in [0.2, 0.25) is 0 Å². The number of carbonyl (C=O) groups is 1. The van der Waals surface area contributed by atoms with Crippen molar-refractivity contribution in [2.24, 2.45) is 5.73 Å². The SMILES string of the molecule is CCC(CC)NC(=O)C(C)Oc1cccc(C(C)N)c1. The lowest BCUT2D eigenvalue weighted by Gasteiger charge is -2.20. The molecule has 4 heteroatoms. The van der Waals surface area contributed by atoms with Crippen molar-refractivity contribution < 1.29 is 9.53 Å². The number of carbonyl (C=O) groups excluding carboxylic acids is 1. The summed E-state index contributed by atoms with van der Waals surface area (Å²) in [6.45, 7) is 7.80. The van der Waals surface area contributed by atoms with Crippen molar-refractivity contribution in [2.45, 2.75) is 58.7 Å². The van der Waals surface area contributed by atoms with Gasteiger partial charge in [0.15, 0.2) is 6.10 Å². The standard InChI is InChI=1S/C16H26N2O2/c1-5-14(6-2)18-16(19)12(4)20-15-9-7-8-13(10-15)11(3)17/h7-12,14H,5-6,17H2,1-4H3,(H,18,19). The highest BCUT2D eigenvalue weighted by Crippen LogP contribution is 2.18. The Morgan fingerprint density at radius 3 is 2.50 bits per heavy atom. The smallest absolute Gasteiger partial charge is 0.260 e. The molecule has 0 spiro atoms. The van der Waals surface area contributed by atoms with Crippen LogP contribution in [0.4, 0.5) is 0 Å². The Morgan fingerprint density at radius 1 is 1.30 bits per heavy atom. The number of hydrogen-bond donors (Lipinski definition) is 2. The van der Waals surface area contributed by atoms with E-state index < -0.39 is 6.10 Å². The van der Waals surface area contributed by atoms with Crippen molar-refractivity contribution in [2.75, 3.05) is 0 Å². The maximum absolute atomic E-state index is 12.0. The summed E-state index contributed by atoms with van der Waals surface area (Å²) < 4.78 is 5.69. The van der Waals surface area contributed by atoms with E-state index >= 15 is 0 Å². The molecule has 0 radical (unpaired) electrons. The van der Waals surface area contributed by atoms with Crippen LogP contribution in [0.3, 0.4) is 0 Å². The fraction of sp³-hybridized carbons (Fsp3) is 0.562. The monoisotopic (exact) mass is 278 g/mol. The average Bonchev–Trinajstić information content (AvgIpc) is 2.44. The maximum atomic E-state index is 12.0. The van der Waals surface area contributed by atoms with Crippen molar-refractivity contribution in [1.82, 2.24) is 5.32 Å². The van der Waals surface area contributed by atoms with Gasteiger partial charge in [-0.25, -0.2) is 0 Å². The lowest BCUT2D eigenvalue weighted by atomic mass is 10.1. The highest BCUT2D eigenvalue weighted by molar-refractivity contribution is 5.81. The Bertz CT molecular complexity index is 428. The van der Waals surface area contributed by atoms with E-state index in [0.717, 1.165) is 18.4 Å². The quantitative estimate of drug-likeness (QED) is 0.806. The molecule has 0 aliphatic carbocycles. The molecule has 0 heterocycles. The molecule has 0 aliphatic heterocycles. The summed E-state index contributed by atoms with van der Waals surface area (Å²) in [6, 6.07) is 7.72. The Kier molecular flexibility index (Phi) is 6.52. The number of hydrogen-bond acceptors (Lipinski definition) is 3. The molecule has 0 bridgehead atoms. The van der Waals surface area contributed by atoms with Crippen molar-refractivity contribution in [3.8, 4) is 5.75 Å². The second-order valence-corrected chi connectivity index (χ2v) is 5.14. The van der Waals surface area contributed by atoms with Crippen LogP contribution in [0.25, 0.3) is 0 Å². The molecule has 4 nitrogen and oxygen atoms in total. The molecule has 0 fully saturated rings. The van der Waals surface area contributed by atoms with Crippen LogP contribution in [-0.2, 0) is 4.79 Å². The Labute approximate surface area is 121 Å². The molecule has 0 saturated heterocycles. The van der Waals surface area contributed by atoms with E-state index in [1.807, 2.05) is 31.2 Å². The topological polar surface area (TPSA) is 64.3 Å². The van der Waals surface area contributed by atoms with Gasteiger partial charge in [-0.1, -0.05) is 26.0 Å². The van der Waals surface area contributed by atoms with E-state index in [2.05, 4.69) is 19.2 Å². The van der Waals surface area contributed by atoms with Crippen molar-refractivity contribution >= 4 is 5.91 Å². The van der Waals surface area contributed by atoms with Crippen LogP contribution in [0.1, 0.15) is 52.1 Å². The summed E-state index contributed by atoms with van der Waals surface area (Å²) in [5.41, 5.74) is 6.84. The molecule has 2 atom stereocenters. The summed E-state index contributed by atoms with van der Waals surface area (Å²) >= 11 is 0. The minimum atomic E-state index is -0.515. The number of nitrogens with two attached hydrogens (primary N) is 1. The molecule has 0 aromatic heterocycles. The van der Waals surface area contributed by atoms with Gasteiger partial charge in [0.1, 0.15) is 5.75 Å². The first kappa shape index (κ1) is 16.5. The van der Waals surface area contributed by atoms with Crippen LogP contribution in [0.2, 0.25) is 0 Å². The predicted molar refractivity (Wildman–Crippen MR) is 81.6 cm³/mol. The summed E-state index contributed by atoms with van der Waals surface area (Å²) in [5.74, 6) is 0.594. The average molecular weight is 278 g/mol. The number of benzene rings is 1. The first-order chi connectivity index (χ1) is 9.47. The normalized spacial score (nSPS) is 13.9. The van der Waals surface area contributed by atoms with Crippen molar-refractivity contribution in [3.05, 3.63) is 29.8 Å². The number of ether oxygens (including phenoxy) is 1. The van der Waals surface area contributed by atoms with Gasteiger partial charge in [0, 0.05) is 12.1 Å². The van der Waals surface area contributed by atoms with Crippen LogP contribution in [0, 0.1) is 0 Å². The van der Waals surface area contributed by atoms with Crippen molar-refractivity contribution in [1.29, 1.82) is 0 Å². The third-order valence-electron chi connectivity index (χ3n) is 3.40. The van der Waals surface area contributed by atoms with Crippen LogP contribution in [-0.4, -0.2) is 18.1 Å². The molecule has 0 aliphatic rings. The zero-order valence-electron chi connectivity index (χ0n) is 12.8. The predicted octanol–water partition coefficient (Wildman–Crippen LogP) is 2.78. The Balaban J connectivity index is 2.63. The number of amides is 1. The van der Waals surface area contributed by atoms with Crippen LogP contribution >= 0.6 is 0 Å². The fourth-order valence-electron chi connectivity index (χ4n) is 1.94. The molecule has 2 unspecified atom stereocenters. The molecule has 0 saturated carbocycles. The van der Waals surface area contributed by atoms with Gasteiger partial charge >= 0.3 is 0 Å². The van der Waals surface area contributed by atoms with Gasteiger partial charge in [-0.15, -0.1) is 0 Å². The molecule has 1 aromatic rings. The van der Waals surface area contributed by atoms with E-state index in [9.17, 15) is 4.79 Å². The highest BCUT2D eigenvalue weighted by Gasteiger charge is 2.17. The lowest BCUT2D eigenvalue weighted by Crippen LogP contribution is -2.42. The minimum absolute atomic E-state index is 0.0488. The van der Waals surface area contributed by atoms with Gasteiger partial charge in [-0.3, -0.25) is 4.79 Å². The summed E-state index contributed by atoms with van der Waals surface area (Å²) in [4.78, 5) is 12.0. The van der Waals surface area contributed by atoms with E-state index in [0.29, 0.717) is 5.75 Å². The molecule has 1 rings (SSSR count). The van der Waals surface area contributed by atoms with Crippen LogP contribution < -0.4 is 15.8 Å². The molecule has 20 heavy (non-hydrogen) atoms. The summed E-state index contributed by atoms with van der Waals surface area (Å²) in [6.07, 6.45) is 1.34. The minimum Gasteiger partial charge on any atom is -0.481 e. The van der Waals surface area contributed by atoms with Gasteiger partial charge in [-0.2, -0.15) is 0 Å². The lowest BCUT2D eigenvalue weighted by molar-refractivity contribution is -0.128. The van der Waals surface area contributed by atoms with Gasteiger partial charge in [0.25, 0.3) is 5.91 Å². The highest BCUT2D eigenvalue weighted by atomic mass is 16.5. The third-order valence-corrected chi connectivity index (χ3v) is 3.40. The summed E-state index contributed by atoms with van der Waals surface area (Å²) in [5, 5.41) is 2.99. The van der Waals surface area contributed by atoms with Gasteiger partial charge in [0.05, 0.1) is 0 Å². The first-order valence-corrected chi connectivity index (χ1v) is 7.30. The van der Waals surface area contributed by atoms with E-state index in [1.165, 1.54) is 0 Å². The Hall–Kier alpha value is -1.55. The van der Waals surface area contributed by atoms with Gasteiger partial charge < -0.3 is 15.8 Å². The zero-order valence-corrected chi connectivity index (χ0v) is 12.8. The van der Waals surface area contributed by atoms with Gasteiger partial charge in [-0.05, 0) is 44.4 Å². The fourth-order valence-corrected chi connectivity index (χ4v) is 1.94. The zero-order chi connectivity index (χ0) is 15.1. The summed E-state index contributed by atoms with van der Waals surface area (Å²) in [7, 11) is 0. The molecular weight excluding hydrogens is 252 g/mol. The number of nitrogens with one attached hydrogen (secondary N) is 1. The maximum Gasteiger partial charge on any atom is 0.260 e. The molecule has 1 amide bonds. The van der Waals surface area contributed by atoms with E-state index in [-0.39, 0.29) is 18.0 Å². The molecule has 3 N–H and O–H groups in total.